The Hall–Kier alpha value is -1.36. The van der Waals surface area contributed by atoms with Crippen molar-refractivity contribution in [1.29, 1.82) is 0 Å². The molecule has 2 heterocycles. The van der Waals surface area contributed by atoms with E-state index in [1.165, 1.54) is 0 Å². The molecule has 19 heavy (non-hydrogen) atoms. The average Bonchev–Trinajstić information content (AvgIpc) is 2.27. The van der Waals surface area contributed by atoms with E-state index in [4.69, 9.17) is 5.73 Å². The van der Waals surface area contributed by atoms with Gasteiger partial charge in [0.15, 0.2) is 5.82 Å². The molecule has 0 radical (unpaired) electrons. The van der Waals surface area contributed by atoms with Crippen LogP contribution in [0, 0.1) is 11.8 Å². The molecule has 1 aliphatic rings. The molecule has 106 valence electrons. The fourth-order valence-corrected chi connectivity index (χ4v) is 2.37. The number of hydrogen-bond acceptors (Lipinski definition) is 4. The van der Waals surface area contributed by atoms with E-state index in [0.717, 1.165) is 6.54 Å². The molecule has 1 saturated heterocycles. The summed E-state index contributed by atoms with van der Waals surface area (Å²) in [6.45, 7) is 10.6. The van der Waals surface area contributed by atoms with Crippen LogP contribution in [0.15, 0.2) is 17.2 Å². The zero-order valence-corrected chi connectivity index (χ0v) is 12.3. The van der Waals surface area contributed by atoms with Gasteiger partial charge in [-0.3, -0.25) is 4.79 Å². The van der Waals surface area contributed by atoms with Crippen molar-refractivity contribution in [3.8, 4) is 0 Å². The fourth-order valence-electron chi connectivity index (χ4n) is 2.37. The topological polar surface area (TPSA) is 64.2 Å². The molecule has 0 atom stereocenters. The van der Waals surface area contributed by atoms with Crippen molar-refractivity contribution in [3.05, 3.63) is 22.7 Å². The van der Waals surface area contributed by atoms with Crippen LogP contribution in [0.2, 0.25) is 0 Å². The predicted octanol–water partition coefficient (Wildman–Crippen LogP) is 1.07. The van der Waals surface area contributed by atoms with E-state index < -0.39 is 0 Å². The number of nitrogens with zero attached hydrogens (tertiary/aromatic N) is 3. The third-order valence-corrected chi connectivity index (χ3v) is 3.88. The smallest absolute Gasteiger partial charge is 0.293 e. The Bertz CT molecular complexity index is 500. The summed E-state index contributed by atoms with van der Waals surface area (Å²) in [5.41, 5.74) is 6.06. The van der Waals surface area contributed by atoms with Crippen LogP contribution in [0.1, 0.15) is 27.7 Å². The van der Waals surface area contributed by atoms with Gasteiger partial charge in [-0.25, -0.2) is 4.98 Å². The van der Waals surface area contributed by atoms with Gasteiger partial charge in [0.25, 0.3) is 5.56 Å². The monoisotopic (exact) mass is 264 g/mol. The highest BCUT2D eigenvalue weighted by Crippen LogP contribution is 2.28. The van der Waals surface area contributed by atoms with Crippen molar-refractivity contribution >= 4 is 5.82 Å². The Balaban J connectivity index is 2.18. The second kappa shape index (κ2) is 4.96. The van der Waals surface area contributed by atoms with Crippen molar-refractivity contribution in [2.24, 2.45) is 17.6 Å². The zero-order chi connectivity index (χ0) is 14.2. The first-order chi connectivity index (χ1) is 8.83. The first-order valence-corrected chi connectivity index (χ1v) is 6.93. The van der Waals surface area contributed by atoms with Crippen LogP contribution in [0.3, 0.4) is 0 Å². The molecule has 2 N–H and O–H groups in total. The quantitative estimate of drug-likeness (QED) is 0.883. The van der Waals surface area contributed by atoms with Crippen molar-refractivity contribution < 1.29 is 0 Å². The summed E-state index contributed by atoms with van der Waals surface area (Å²) >= 11 is 0. The standard InChI is InChI=1S/C14H24N4O/c1-10(2)7-17-6-5-16-12(13(17)19)18-8-14(15,9-18)11(3)4/h5-6,10-11H,7-9,15H2,1-4H3. The Kier molecular flexibility index (Phi) is 3.67. The van der Waals surface area contributed by atoms with Gasteiger partial charge in [-0.05, 0) is 11.8 Å². The lowest BCUT2D eigenvalue weighted by Gasteiger charge is -2.50. The van der Waals surface area contributed by atoms with Crippen LogP contribution in [0.25, 0.3) is 0 Å². The molecule has 0 saturated carbocycles. The summed E-state index contributed by atoms with van der Waals surface area (Å²) in [6, 6.07) is 0. The second-order valence-electron chi connectivity index (χ2n) is 6.35. The minimum atomic E-state index is -0.188. The van der Waals surface area contributed by atoms with Crippen LogP contribution >= 0.6 is 0 Å². The second-order valence-corrected chi connectivity index (χ2v) is 6.35. The Morgan fingerprint density at radius 2 is 2.00 bits per heavy atom. The van der Waals surface area contributed by atoms with E-state index in [1.807, 2.05) is 4.90 Å². The third kappa shape index (κ3) is 2.66. The maximum atomic E-state index is 12.3. The molecular weight excluding hydrogens is 240 g/mol. The van der Waals surface area contributed by atoms with Crippen molar-refractivity contribution in [2.75, 3.05) is 18.0 Å². The van der Waals surface area contributed by atoms with E-state index in [2.05, 4.69) is 32.7 Å². The third-order valence-electron chi connectivity index (χ3n) is 3.88. The first-order valence-electron chi connectivity index (χ1n) is 6.93. The van der Waals surface area contributed by atoms with Crippen molar-refractivity contribution in [3.63, 3.8) is 0 Å². The number of rotatable bonds is 4. The lowest BCUT2D eigenvalue weighted by Crippen LogP contribution is -2.71. The van der Waals surface area contributed by atoms with E-state index in [9.17, 15) is 4.79 Å². The van der Waals surface area contributed by atoms with Crippen molar-refractivity contribution in [1.82, 2.24) is 9.55 Å². The summed E-state index contributed by atoms with van der Waals surface area (Å²) in [4.78, 5) is 18.6. The highest BCUT2D eigenvalue weighted by atomic mass is 16.1. The maximum absolute atomic E-state index is 12.3. The van der Waals surface area contributed by atoms with E-state index in [0.29, 0.717) is 30.7 Å². The summed E-state index contributed by atoms with van der Waals surface area (Å²) < 4.78 is 1.74. The maximum Gasteiger partial charge on any atom is 0.293 e. The lowest BCUT2D eigenvalue weighted by molar-refractivity contribution is 0.242. The van der Waals surface area contributed by atoms with Gasteiger partial charge in [-0.1, -0.05) is 27.7 Å². The molecule has 1 aromatic heterocycles. The van der Waals surface area contributed by atoms with Crippen LogP contribution in [-0.2, 0) is 6.54 Å². The molecular formula is C14H24N4O. The Morgan fingerprint density at radius 1 is 1.37 bits per heavy atom. The van der Waals surface area contributed by atoms with Crippen LogP contribution in [0.5, 0.6) is 0 Å². The molecule has 2 rings (SSSR count). The minimum absolute atomic E-state index is 0.0120. The van der Waals surface area contributed by atoms with E-state index in [-0.39, 0.29) is 11.1 Å². The van der Waals surface area contributed by atoms with Gasteiger partial charge in [-0.2, -0.15) is 0 Å². The molecule has 5 nitrogen and oxygen atoms in total. The van der Waals surface area contributed by atoms with Crippen molar-refractivity contribution in [2.45, 2.75) is 39.8 Å². The number of hydrogen-bond donors (Lipinski definition) is 1. The SMILES string of the molecule is CC(C)Cn1ccnc(N2CC(N)(C(C)C)C2)c1=O. The summed E-state index contributed by atoms with van der Waals surface area (Å²) in [7, 11) is 0. The van der Waals surface area contributed by atoms with E-state index >= 15 is 0 Å². The Labute approximate surface area is 114 Å². The van der Waals surface area contributed by atoms with Gasteiger partial charge < -0.3 is 15.2 Å². The van der Waals surface area contributed by atoms with Crippen LogP contribution < -0.4 is 16.2 Å². The summed E-state index contributed by atoms with van der Waals surface area (Å²) in [5, 5.41) is 0. The first kappa shape index (κ1) is 14.1. The molecule has 0 aliphatic carbocycles. The van der Waals surface area contributed by atoms with Crippen LogP contribution in [-0.4, -0.2) is 28.2 Å². The number of aromatic nitrogens is 2. The molecule has 0 amide bonds. The van der Waals surface area contributed by atoms with Gasteiger partial charge in [0.2, 0.25) is 0 Å². The van der Waals surface area contributed by atoms with Gasteiger partial charge in [0, 0.05) is 32.0 Å². The lowest BCUT2D eigenvalue weighted by atomic mass is 9.80. The highest BCUT2D eigenvalue weighted by molar-refractivity contribution is 5.42. The molecule has 5 heteroatoms. The molecule has 0 spiro atoms. The normalized spacial score (nSPS) is 17.9. The Morgan fingerprint density at radius 3 is 2.53 bits per heavy atom. The van der Waals surface area contributed by atoms with Crippen LogP contribution in [0.4, 0.5) is 5.82 Å². The zero-order valence-electron chi connectivity index (χ0n) is 12.3. The van der Waals surface area contributed by atoms with Gasteiger partial charge in [-0.15, -0.1) is 0 Å². The molecule has 0 unspecified atom stereocenters. The highest BCUT2D eigenvalue weighted by Gasteiger charge is 2.43. The molecule has 0 bridgehead atoms. The average molecular weight is 264 g/mol. The molecule has 1 fully saturated rings. The molecule has 0 aromatic carbocycles. The number of nitrogens with two attached hydrogens (primary N) is 1. The minimum Gasteiger partial charge on any atom is -0.348 e. The van der Waals surface area contributed by atoms with E-state index in [1.54, 1.807) is 17.0 Å². The van der Waals surface area contributed by atoms with Gasteiger partial charge >= 0.3 is 0 Å². The molecule has 1 aromatic rings. The van der Waals surface area contributed by atoms with Gasteiger partial charge in [0.05, 0.1) is 5.54 Å². The summed E-state index contributed by atoms with van der Waals surface area (Å²) in [6.07, 6.45) is 3.45. The molecule has 1 aliphatic heterocycles. The fraction of sp³-hybridized carbons (Fsp3) is 0.714. The summed E-state index contributed by atoms with van der Waals surface area (Å²) in [5.74, 6) is 1.38. The van der Waals surface area contributed by atoms with Gasteiger partial charge in [0.1, 0.15) is 0 Å². The number of anilines is 1. The largest absolute Gasteiger partial charge is 0.348 e. The predicted molar refractivity (Wildman–Crippen MR) is 77.3 cm³/mol.